The van der Waals surface area contributed by atoms with Gasteiger partial charge < -0.3 is 15.7 Å². The van der Waals surface area contributed by atoms with Crippen molar-refractivity contribution in [3.05, 3.63) is 46.5 Å². The molecule has 0 unspecified atom stereocenters. The summed E-state index contributed by atoms with van der Waals surface area (Å²) in [6.07, 6.45) is 0. The third kappa shape index (κ3) is 2.51. The van der Waals surface area contributed by atoms with Gasteiger partial charge in [-0.2, -0.15) is 5.10 Å². The van der Waals surface area contributed by atoms with E-state index in [1.54, 1.807) is 6.07 Å². The highest BCUT2D eigenvalue weighted by Crippen LogP contribution is 2.46. The summed E-state index contributed by atoms with van der Waals surface area (Å²) in [6, 6.07) is 10.9. The van der Waals surface area contributed by atoms with Crippen LogP contribution in [0.5, 0.6) is 0 Å². The first-order chi connectivity index (χ1) is 12.2. The Bertz CT molecular complexity index is 966. The Balaban J connectivity index is 1.87. The van der Waals surface area contributed by atoms with Crippen LogP contribution in [0.2, 0.25) is 0 Å². The molecule has 128 valence electrons. The summed E-state index contributed by atoms with van der Waals surface area (Å²) in [6.45, 7) is 1.86. The van der Waals surface area contributed by atoms with Crippen molar-refractivity contribution < 1.29 is 10.0 Å². The minimum atomic E-state index is -0.375. The molecule has 0 spiro atoms. The molecule has 0 radical (unpaired) electrons. The fourth-order valence-electron chi connectivity index (χ4n) is 3.22. The summed E-state index contributed by atoms with van der Waals surface area (Å²) in [5.41, 5.74) is 3.89. The van der Waals surface area contributed by atoms with E-state index in [2.05, 4.69) is 10.6 Å². The molecule has 8 heteroatoms. The number of para-hydroxylation sites is 1. The van der Waals surface area contributed by atoms with Crippen LogP contribution in [-0.2, 0) is 6.54 Å². The van der Waals surface area contributed by atoms with Crippen molar-refractivity contribution in [2.24, 2.45) is 0 Å². The molecule has 25 heavy (non-hydrogen) atoms. The van der Waals surface area contributed by atoms with Crippen LogP contribution in [-0.4, -0.2) is 39.5 Å². The normalized spacial score (nSPS) is 12.0. The van der Waals surface area contributed by atoms with Gasteiger partial charge in [-0.25, -0.2) is 0 Å². The highest BCUT2D eigenvalue weighted by molar-refractivity contribution is 6.11. The first-order valence-corrected chi connectivity index (χ1v) is 8.06. The SMILES string of the molecule is O=[N+]([O-])c1ccc2c3c(nn2CCNCCO)-c2ccccc2Nc13. The number of fused-ring (bicyclic) bond motifs is 2. The van der Waals surface area contributed by atoms with Crippen molar-refractivity contribution in [2.45, 2.75) is 6.54 Å². The molecular formula is C17H17N5O3. The molecule has 3 aromatic rings. The Morgan fingerprint density at radius 1 is 1.24 bits per heavy atom. The quantitative estimate of drug-likeness (QED) is 0.283. The van der Waals surface area contributed by atoms with E-state index in [4.69, 9.17) is 10.2 Å². The van der Waals surface area contributed by atoms with Gasteiger partial charge in [0.15, 0.2) is 0 Å². The van der Waals surface area contributed by atoms with Crippen LogP contribution in [0.1, 0.15) is 0 Å². The lowest BCUT2D eigenvalue weighted by Gasteiger charge is -2.17. The largest absolute Gasteiger partial charge is 0.395 e. The molecule has 0 atom stereocenters. The fourth-order valence-corrected chi connectivity index (χ4v) is 3.22. The van der Waals surface area contributed by atoms with Gasteiger partial charge in [0.05, 0.1) is 29.0 Å². The van der Waals surface area contributed by atoms with Crippen LogP contribution in [0, 0.1) is 10.1 Å². The molecule has 0 saturated carbocycles. The highest BCUT2D eigenvalue weighted by Gasteiger charge is 2.28. The van der Waals surface area contributed by atoms with E-state index in [0.29, 0.717) is 25.3 Å². The molecule has 2 heterocycles. The number of nitro benzene ring substituents is 1. The molecule has 0 amide bonds. The van der Waals surface area contributed by atoms with Gasteiger partial charge in [0.25, 0.3) is 5.69 Å². The summed E-state index contributed by atoms with van der Waals surface area (Å²) < 4.78 is 1.85. The van der Waals surface area contributed by atoms with Crippen molar-refractivity contribution in [1.82, 2.24) is 15.1 Å². The fraction of sp³-hybridized carbons (Fsp3) is 0.235. The van der Waals surface area contributed by atoms with Crippen LogP contribution in [0.4, 0.5) is 17.1 Å². The predicted molar refractivity (Wildman–Crippen MR) is 95.1 cm³/mol. The number of rotatable bonds is 6. The number of hydrogen-bond donors (Lipinski definition) is 3. The first-order valence-electron chi connectivity index (χ1n) is 8.06. The van der Waals surface area contributed by atoms with Gasteiger partial charge in [-0.1, -0.05) is 18.2 Å². The van der Waals surface area contributed by atoms with E-state index in [1.165, 1.54) is 6.07 Å². The second-order valence-electron chi connectivity index (χ2n) is 5.83. The van der Waals surface area contributed by atoms with Crippen LogP contribution < -0.4 is 10.6 Å². The second-order valence-corrected chi connectivity index (χ2v) is 5.83. The van der Waals surface area contributed by atoms with E-state index in [0.717, 1.165) is 27.8 Å². The maximum atomic E-state index is 11.4. The summed E-state index contributed by atoms with van der Waals surface area (Å²) in [5, 5.41) is 32.1. The number of hydrogen-bond acceptors (Lipinski definition) is 6. The molecular weight excluding hydrogens is 322 g/mol. The zero-order valence-electron chi connectivity index (χ0n) is 13.4. The Kier molecular flexibility index (Phi) is 3.83. The summed E-state index contributed by atoms with van der Waals surface area (Å²) in [7, 11) is 0. The number of nitro groups is 1. The monoisotopic (exact) mass is 339 g/mol. The van der Waals surface area contributed by atoms with E-state index in [1.807, 2.05) is 28.9 Å². The van der Waals surface area contributed by atoms with E-state index >= 15 is 0 Å². The molecule has 0 fully saturated rings. The number of nitrogens with zero attached hydrogens (tertiary/aromatic N) is 3. The third-order valence-corrected chi connectivity index (χ3v) is 4.32. The maximum absolute atomic E-state index is 11.4. The minimum Gasteiger partial charge on any atom is -0.395 e. The van der Waals surface area contributed by atoms with Crippen LogP contribution in [0.25, 0.3) is 22.2 Å². The van der Waals surface area contributed by atoms with Crippen molar-refractivity contribution in [3.63, 3.8) is 0 Å². The minimum absolute atomic E-state index is 0.0428. The first kappa shape index (κ1) is 15.6. The van der Waals surface area contributed by atoms with Crippen LogP contribution >= 0.6 is 0 Å². The predicted octanol–water partition coefficient (Wildman–Crippen LogP) is 2.25. The zero-order valence-corrected chi connectivity index (χ0v) is 13.4. The maximum Gasteiger partial charge on any atom is 0.293 e. The van der Waals surface area contributed by atoms with E-state index in [9.17, 15) is 10.1 Å². The van der Waals surface area contributed by atoms with Crippen molar-refractivity contribution >= 4 is 28.0 Å². The lowest BCUT2D eigenvalue weighted by molar-refractivity contribution is -0.383. The number of aliphatic hydroxyl groups excluding tert-OH is 1. The standard InChI is InChI=1S/C17H17N5O3/c23-10-8-18-7-9-21-13-5-6-14(22(24)25)17-15(13)16(20-21)11-3-1-2-4-12(11)19-17/h1-6,18-19,23H,7-10H2. The van der Waals surface area contributed by atoms with Gasteiger partial charge in [-0.15, -0.1) is 0 Å². The molecule has 0 bridgehead atoms. The number of aromatic nitrogens is 2. The van der Waals surface area contributed by atoms with Gasteiger partial charge in [0.2, 0.25) is 0 Å². The molecule has 8 nitrogen and oxygen atoms in total. The molecule has 0 saturated heterocycles. The molecule has 3 N–H and O–H groups in total. The third-order valence-electron chi connectivity index (χ3n) is 4.32. The molecule has 1 aliphatic rings. The van der Waals surface area contributed by atoms with Gasteiger partial charge in [0, 0.05) is 30.4 Å². The lowest BCUT2D eigenvalue weighted by atomic mass is 9.99. The summed E-state index contributed by atoms with van der Waals surface area (Å²) >= 11 is 0. The topological polar surface area (TPSA) is 105 Å². The van der Waals surface area contributed by atoms with Crippen molar-refractivity contribution in [1.29, 1.82) is 0 Å². The summed E-state index contributed by atoms with van der Waals surface area (Å²) in [5.74, 6) is 0. The van der Waals surface area contributed by atoms with Gasteiger partial charge >= 0.3 is 0 Å². The lowest BCUT2D eigenvalue weighted by Crippen LogP contribution is -2.23. The number of aliphatic hydroxyl groups is 1. The molecule has 1 aliphatic heterocycles. The van der Waals surface area contributed by atoms with Crippen LogP contribution in [0.15, 0.2) is 36.4 Å². The molecule has 1 aromatic heterocycles. The second kappa shape index (κ2) is 6.15. The molecule has 0 aliphatic carbocycles. The smallest absolute Gasteiger partial charge is 0.293 e. The van der Waals surface area contributed by atoms with E-state index < -0.39 is 0 Å². The van der Waals surface area contributed by atoms with Gasteiger partial charge in [-0.05, 0) is 12.1 Å². The Labute approximate surface area is 143 Å². The number of benzene rings is 2. The molecule has 4 rings (SSSR count). The Morgan fingerprint density at radius 3 is 2.88 bits per heavy atom. The summed E-state index contributed by atoms with van der Waals surface area (Å²) in [4.78, 5) is 11.1. The van der Waals surface area contributed by atoms with Crippen molar-refractivity contribution in [2.75, 3.05) is 25.0 Å². The van der Waals surface area contributed by atoms with E-state index in [-0.39, 0.29) is 17.2 Å². The zero-order chi connectivity index (χ0) is 17.4. The Hall–Kier alpha value is -2.97. The highest BCUT2D eigenvalue weighted by atomic mass is 16.6. The number of nitrogens with one attached hydrogen (secondary N) is 2. The van der Waals surface area contributed by atoms with Crippen LogP contribution in [0.3, 0.4) is 0 Å². The van der Waals surface area contributed by atoms with Gasteiger partial charge in [0.1, 0.15) is 11.4 Å². The average molecular weight is 339 g/mol. The van der Waals surface area contributed by atoms with Gasteiger partial charge in [-0.3, -0.25) is 14.8 Å². The molecule has 2 aromatic carbocycles. The average Bonchev–Trinajstić information content (AvgIpc) is 2.99. The van der Waals surface area contributed by atoms with Crippen molar-refractivity contribution in [3.8, 4) is 11.3 Å². The Morgan fingerprint density at radius 2 is 2.08 bits per heavy atom. The number of anilines is 2.